The molecule has 0 saturated carbocycles. The van der Waals surface area contributed by atoms with E-state index in [4.69, 9.17) is 22.4 Å². The molecular formula is C33H35F5N4O6S2. The van der Waals surface area contributed by atoms with Gasteiger partial charge in [0.15, 0.2) is 27.4 Å². The summed E-state index contributed by atoms with van der Waals surface area (Å²) in [6, 6.07) is 5.96. The van der Waals surface area contributed by atoms with Crippen LogP contribution in [0.15, 0.2) is 29.6 Å². The van der Waals surface area contributed by atoms with Crippen LogP contribution in [0.25, 0.3) is 27.5 Å². The lowest BCUT2D eigenvalue weighted by Crippen LogP contribution is -2.43. The first kappa shape index (κ1) is 35.9. The van der Waals surface area contributed by atoms with Gasteiger partial charge >= 0.3 is 16.4 Å². The fourth-order valence-corrected chi connectivity index (χ4v) is 7.89. The molecule has 2 aromatic carbocycles. The molecule has 2 aromatic heterocycles. The summed E-state index contributed by atoms with van der Waals surface area (Å²) in [5, 5.41) is 5.71. The van der Waals surface area contributed by atoms with Gasteiger partial charge in [-0.25, -0.2) is 21.8 Å². The minimum absolute atomic E-state index is 0.135. The lowest BCUT2D eigenvalue weighted by molar-refractivity contribution is -0.684. The largest absolute Gasteiger partial charge is 0.741 e. The number of aromatic nitrogens is 2. The summed E-state index contributed by atoms with van der Waals surface area (Å²) in [6.07, 6.45) is 4.25. The zero-order valence-electron chi connectivity index (χ0n) is 27.6. The van der Waals surface area contributed by atoms with Crippen LogP contribution in [0.1, 0.15) is 57.2 Å². The number of methoxy groups -OCH3 is 1. The van der Waals surface area contributed by atoms with Gasteiger partial charge in [-0.2, -0.15) is 17.6 Å². The summed E-state index contributed by atoms with van der Waals surface area (Å²) in [6.45, 7) is 8.71. The Kier molecular flexibility index (Phi) is 9.31. The lowest BCUT2D eigenvalue weighted by atomic mass is 9.88. The van der Waals surface area contributed by atoms with Crippen LogP contribution in [0.4, 0.5) is 33.5 Å². The molecule has 0 amide bonds. The van der Waals surface area contributed by atoms with Crippen LogP contribution < -0.4 is 19.5 Å². The van der Waals surface area contributed by atoms with Crippen molar-refractivity contribution in [3.63, 3.8) is 0 Å². The molecule has 0 saturated heterocycles. The van der Waals surface area contributed by atoms with Gasteiger partial charge in [-0.3, -0.25) is 4.79 Å². The summed E-state index contributed by atoms with van der Waals surface area (Å²) in [4.78, 5) is 16.1. The SMILES string of the molecule is COC(=O)CC1COc2c(cc3c4c2CCCN4CCC3)-c2c(NC(C)(C)C)n3c(-c4ccc(F)c(F)c4)csc3[n+]21.O=S(=O)([O-])C(F)(F)F. The van der Waals surface area contributed by atoms with Crippen molar-refractivity contribution >= 4 is 43.9 Å². The molecule has 17 heteroatoms. The zero-order chi connectivity index (χ0) is 36.3. The molecule has 5 heterocycles. The van der Waals surface area contributed by atoms with Crippen molar-refractivity contribution in [3.05, 3.63) is 52.4 Å². The molecule has 50 heavy (non-hydrogen) atoms. The molecule has 0 radical (unpaired) electrons. The molecule has 0 spiro atoms. The van der Waals surface area contributed by atoms with Crippen molar-refractivity contribution in [3.8, 4) is 28.3 Å². The number of halogens is 5. The molecule has 3 aliphatic rings. The van der Waals surface area contributed by atoms with E-state index in [2.05, 4.69) is 46.0 Å². The second-order valence-electron chi connectivity index (χ2n) is 13.4. The molecule has 1 unspecified atom stereocenters. The zero-order valence-corrected chi connectivity index (χ0v) is 29.3. The molecule has 0 bridgehead atoms. The monoisotopic (exact) mass is 742 g/mol. The average Bonchev–Trinajstić information content (AvgIpc) is 3.54. The van der Waals surface area contributed by atoms with E-state index >= 15 is 0 Å². The van der Waals surface area contributed by atoms with E-state index in [0.29, 0.717) is 12.2 Å². The lowest BCUT2D eigenvalue weighted by Gasteiger charge is -2.38. The van der Waals surface area contributed by atoms with Crippen molar-refractivity contribution < 1.29 is 53.8 Å². The Balaban J connectivity index is 0.000000485. The first-order chi connectivity index (χ1) is 23.4. The van der Waals surface area contributed by atoms with Crippen LogP contribution in [0.2, 0.25) is 0 Å². The summed E-state index contributed by atoms with van der Waals surface area (Å²) in [7, 11) is -4.69. The number of fused-ring (bicyclic) bond motifs is 6. The van der Waals surface area contributed by atoms with Gasteiger partial charge < -0.3 is 24.2 Å². The van der Waals surface area contributed by atoms with Crippen LogP contribution in [0.3, 0.4) is 0 Å². The van der Waals surface area contributed by atoms with Crippen LogP contribution in [-0.4, -0.2) is 61.2 Å². The van der Waals surface area contributed by atoms with Crippen LogP contribution in [-0.2, 0) is 32.5 Å². The molecule has 270 valence electrons. The number of carbonyl (C=O) groups excluding carboxylic acids is 1. The predicted molar refractivity (Wildman–Crippen MR) is 175 cm³/mol. The van der Waals surface area contributed by atoms with E-state index in [1.807, 2.05) is 5.38 Å². The normalized spacial score (nSPS) is 17.1. The number of ether oxygens (including phenoxy) is 2. The number of carbonyl (C=O) groups is 1. The number of thiazole rings is 1. The van der Waals surface area contributed by atoms with Crippen molar-refractivity contribution in [1.82, 2.24) is 4.40 Å². The van der Waals surface area contributed by atoms with Crippen molar-refractivity contribution in [1.29, 1.82) is 0 Å². The molecule has 7 rings (SSSR count). The topological polar surface area (TPSA) is 116 Å². The number of imidazole rings is 1. The number of nitrogens with zero attached hydrogens (tertiary/aromatic N) is 3. The van der Waals surface area contributed by atoms with Gasteiger partial charge in [-0.1, -0.05) is 11.3 Å². The maximum absolute atomic E-state index is 14.5. The second kappa shape index (κ2) is 13.0. The third-order valence-corrected chi connectivity index (χ3v) is 10.2. The second-order valence-corrected chi connectivity index (χ2v) is 15.6. The molecule has 10 nitrogen and oxygen atoms in total. The summed E-state index contributed by atoms with van der Waals surface area (Å²) in [5.41, 5.74) is 1.16. The average molecular weight is 743 g/mol. The van der Waals surface area contributed by atoms with Crippen LogP contribution >= 0.6 is 11.3 Å². The van der Waals surface area contributed by atoms with Gasteiger partial charge in [0, 0.05) is 40.8 Å². The number of nitrogens with one attached hydrogen (secondary N) is 1. The van der Waals surface area contributed by atoms with Gasteiger partial charge in [0.05, 0.1) is 19.1 Å². The molecule has 3 aliphatic heterocycles. The molecule has 0 fully saturated rings. The van der Waals surface area contributed by atoms with E-state index in [1.54, 1.807) is 6.07 Å². The number of anilines is 2. The molecule has 1 N–H and O–H groups in total. The summed E-state index contributed by atoms with van der Waals surface area (Å²) >= 11 is 1.51. The highest BCUT2D eigenvalue weighted by Crippen LogP contribution is 2.49. The molecule has 4 aromatic rings. The molecular weight excluding hydrogens is 708 g/mol. The van der Waals surface area contributed by atoms with Gasteiger partial charge in [-0.15, -0.1) is 0 Å². The number of alkyl halides is 3. The highest BCUT2D eigenvalue weighted by atomic mass is 32.2. The first-order valence-electron chi connectivity index (χ1n) is 15.9. The predicted octanol–water partition coefficient (Wildman–Crippen LogP) is 6.36. The Morgan fingerprint density at radius 3 is 2.42 bits per heavy atom. The maximum Gasteiger partial charge on any atom is 0.485 e. The smallest absolute Gasteiger partial charge is 0.485 e. The standard InChI is InChI=1S/C32H35F2N4O3S.CHF3O3S/c1-32(2,3)35-30-28-22-13-19-7-5-11-36-12-6-8-21(27(19)36)29(22)41-16-20(15-26(39)40-4)37(28)31-38(30)25(17-42-31)18-9-10-23(33)24(34)14-18;2-1(3,4)8(5,6)7/h9-10,13-14,17,20,35H,5-8,11-12,15-16H2,1-4H3;(H,5,6,7)/q+1;/p-1. The number of benzene rings is 2. The highest BCUT2D eigenvalue weighted by molar-refractivity contribution is 7.86. The van der Waals surface area contributed by atoms with Crippen molar-refractivity contribution in [2.24, 2.45) is 0 Å². The van der Waals surface area contributed by atoms with E-state index in [-0.39, 0.29) is 24.0 Å². The number of esters is 1. The van der Waals surface area contributed by atoms with Gasteiger partial charge in [-0.05, 0) is 76.3 Å². The van der Waals surface area contributed by atoms with E-state index in [0.717, 1.165) is 72.3 Å². The molecule has 0 aliphatic carbocycles. The van der Waals surface area contributed by atoms with Gasteiger partial charge in [0.2, 0.25) is 11.5 Å². The van der Waals surface area contributed by atoms with Gasteiger partial charge in [0.1, 0.15) is 18.4 Å². The Labute approximate surface area is 289 Å². The number of rotatable bonds is 4. The Bertz CT molecular complexity index is 2090. The Morgan fingerprint density at radius 2 is 1.80 bits per heavy atom. The number of hydrogen-bond acceptors (Lipinski definition) is 9. The van der Waals surface area contributed by atoms with Crippen LogP contribution in [0, 0.1) is 11.6 Å². The third-order valence-electron chi connectivity index (χ3n) is 8.74. The minimum atomic E-state index is -6.09. The number of hydrogen-bond donors (Lipinski definition) is 1. The maximum atomic E-state index is 14.5. The van der Waals surface area contributed by atoms with E-state index < -0.39 is 27.3 Å². The fraction of sp³-hybridized carbons (Fsp3) is 0.455. The Morgan fingerprint density at radius 1 is 1.12 bits per heavy atom. The van der Waals surface area contributed by atoms with Crippen molar-refractivity contribution in [2.75, 3.05) is 37.0 Å². The van der Waals surface area contributed by atoms with Crippen LogP contribution in [0.5, 0.6) is 5.75 Å². The quantitative estimate of drug-likeness (QED) is 0.0846. The fourth-order valence-electron chi connectivity index (χ4n) is 6.78. The van der Waals surface area contributed by atoms with Crippen molar-refractivity contribution in [2.45, 2.75) is 70.0 Å². The summed E-state index contributed by atoms with van der Waals surface area (Å²) < 4.78 is 103. The van der Waals surface area contributed by atoms with Gasteiger partial charge in [0.25, 0.3) is 0 Å². The Hall–Kier alpha value is -3.96. The third kappa shape index (κ3) is 6.62. The van der Waals surface area contributed by atoms with E-state index in [1.165, 1.54) is 47.4 Å². The minimum Gasteiger partial charge on any atom is -0.741 e. The van der Waals surface area contributed by atoms with E-state index in [9.17, 15) is 26.7 Å². The molecule has 1 atom stereocenters. The first-order valence-corrected chi connectivity index (χ1v) is 18.1. The highest BCUT2D eigenvalue weighted by Gasteiger charge is 2.43. The number of aryl methyl sites for hydroxylation is 1. The summed E-state index contributed by atoms with van der Waals surface area (Å²) in [5.74, 6) is -0.382.